The average molecular weight is 332 g/mol. The molecule has 2 heteroatoms. The van der Waals surface area contributed by atoms with Crippen molar-refractivity contribution in [1.29, 1.82) is 10.5 Å². The third-order valence-corrected chi connectivity index (χ3v) is 6.02. The summed E-state index contributed by atoms with van der Waals surface area (Å²) in [6, 6.07) is 23.4. The predicted molar refractivity (Wildman–Crippen MR) is 101 cm³/mol. The van der Waals surface area contributed by atoms with E-state index in [4.69, 9.17) is 0 Å². The molecule has 0 aromatic heterocycles. The maximum atomic E-state index is 10.5. The molecule has 3 aliphatic carbocycles. The second kappa shape index (κ2) is 5.32. The molecule has 122 valence electrons. The van der Waals surface area contributed by atoms with Gasteiger partial charge >= 0.3 is 0 Å². The summed E-state index contributed by atoms with van der Waals surface area (Å²) < 4.78 is 0. The van der Waals surface area contributed by atoms with Gasteiger partial charge in [0.05, 0.1) is 11.6 Å². The smallest absolute Gasteiger partial charge is 0.115 e. The van der Waals surface area contributed by atoms with Crippen molar-refractivity contribution in [2.75, 3.05) is 0 Å². The van der Waals surface area contributed by atoms with E-state index < -0.39 is 5.41 Å². The van der Waals surface area contributed by atoms with Gasteiger partial charge in [-0.15, -0.1) is 0 Å². The lowest BCUT2D eigenvalue weighted by Crippen LogP contribution is -2.35. The third-order valence-electron chi connectivity index (χ3n) is 6.02. The Morgan fingerprint density at radius 3 is 2.50 bits per heavy atom. The van der Waals surface area contributed by atoms with Crippen LogP contribution in [-0.4, -0.2) is 0 Å². The minimum absolute atomic E-state index is 0.0787. The summed E-state index contributed by atoms with van der Waals surface area (Å²) in [6.07, 6.45) is 5.92. The Morgan fingerprint density at radius 1 is 0.962 bits per heavy atom. The van der Waals surface area contributed by atoms with Crippen LogP contribution in [0.25, 0.3) is 5.57 Å². The SMILES string of the molecule is N#CC1=C2C=CCC3=C2[C@](C#N)(c2ccccc21)[C@H](c1ccccc1)C3. The fourth-order valence-electron chi connectivity index (χ4n) is 5.03. The maximum Gasteiger partial charge on any atom is 0.115 e. The first kappa shape index (κ1) is 14.9. The largest absolute Gasteiger partial charge is 0.197 e. The Balaban J connectivity index is 1.89. The summed E-state index contributed by atoms with van der Waals surface area (Å²) in [6.45, 7) is 0. The second-order valence-electron chi connectivity index (χ2n) is 7.12. The molecule has 0 fully saturated rings. The maximum absolute atomic E-state index is 10.5. The summed E-state index contributed by atoms with van der Waals surface area (Å²) >= 11 is 0. The normalized spacial score (nSPS) is 25.4. The van der Waals surface area contributed by atoms with Crippen molar-refractivity contribution in [1.82, 2.24) is 0 Å². The van der Waals surface area contributed by atoms with E-state index >= 15 is 0 Å². The fraction of sp³-hybridized carbons (Fsp3) is 0.167. The quantitative estimate of drug-likeness (QED) is 0.722. The molecule has 0 saturated heterocycles. The summed E-state index contributed by atoms with van der Waals surface area (Å²) in [5.74, 6) is 0.0787. The highest BCUT2D eigenvalue weighted by atomic mass is 14.6. The van der Waals surface area contributed by atoms with E-state index in [2.05, 4.69) is 30.3 Å². The minimum atomic E-state index is -0.715. The van der Waals surface area contributed by atoms with Crippen LogP contribution in [0.5, 0.6) is 0 Å². The molecular formula is C24H16N2. The lowest BCUT2D eigenvalue weighted by atomic mass is 9.60. The van der Waals surface area contributed by atoms with Gasteiger partial charge in [-0.2, -0.15) is 10.5 Å². The topological polar surface area (TPSA) is 47.6 Å². The van der Waals surface area contributed by atoms with Crippen molar-refractivity contribution in [3.05, 3.63) is 100 Å². The molecule has 0 unspecified atom stereocenters. The molecule has 0 bridgehead atoms. The van der Waals surface area contributed by atoms with Gasteiger partial charge in [-0.1, -0.05) is 72.3 Å². The van der Waals surface area contributed by atoms with E-state index in [1.54, 1.807) is 0 Å². The van der Waals surface area contributed by atoms with Gasteiger partial charge in [0, 0.05) is 5.92 Å². The average Bonchev–Trinajstić information content (AvgIpc) is 3.06. The van der Waals surface area contributed by atoms with Crippen LogP contribution in [0.3, 0.4) is 0 Å². The zero-order valence-corrected chi connectivity index (χ0v) is 14.2. The zero-order valence-electron chi connectivity index (χ0n) is 14.2. The number of hydrogen-bond acceptors (Lipinski definition) is 2. The van der Waals surface area contributed by atoms with Crippen LogP contribution in [0.4, 0.5) is 0 Å². The molecule has 2 aromatic rings. The van der Waals surface area contributed by atoms with Crippen LogP contribution in [-0.2, 0) is 5.41 Å². The molecule has 0 heterocycles. The van der Waals surface area contributed by atoms with E-state index in [0.29, 0.717) is 5.57 Å². The lowest BCUT2D eigenvalue weighted by molar-refractivity contribution is 0.537. The van der Waals surface area contributed by atoms with Gasteiger partial charge < -0.3 is 0 Å². The molecule has 0 spiro atoms. The highest BCUT2D eigenvalue weighted by Crippen LogP contribution is 2.62. The number of nitriles is 2. The van der Waals surface area contributed by atoms with Crippen LogP contribution >= 0.6 is 0 Å². The van der Waals surface area contributed by atoms with Gasteiger partial charge in [0.15, 0.2) is 0 Å². The Bertz CT molecular complexity index is 1100. The number of allylic oxidation sites excluding steroid dienone is 6. The van der Waals surface area contributed by atoms with Crippen molar-refractivity contribution >= 4 is 5.57 Å². The van der Waals surface area contributed by atoms with Crippen LogP contribution in [0, 0.1) is 22.7 Å². The fourth-order valence-corrected chi connectivity index (χ4v) is 5.03. The summed E-state index contributed by atoms with van der Waals surface area (Å²) in [5.41, 5.74) is 6.41. The molecule has 0 N–H and O–H groups in total. The standard InChI is InChI=1S/C24H16N2/c25-14-20-18-10-4-5-12-21(18)24(15-26)22(16-7-2-1-3-8-16)13-17-9-6-11-19(20)23(17)24/h1-8,10-12,22H,9,13H2/t22-,24+/m0/s1. The number of hydrogen-bond donors (Lipinski definition) is 0. The van der Waals surface area contributed by atoms with Gasteiger partial charge in [0.25, 0.3) is 0 Å². The number of rotatable bonds is 1. The molecule has 2 atom stereocenters. The Kier molecular flexibility index (Phi) is 3.05. The molecule has 5 rings (SSSR count). The third kappa shape index (κ3) is 1.69. The van der Waals surface area contributed by atoms with Crippen LogP contribution in [0.1, 0.15) is 35.4 Å². The highest BCUT2D eigenvalue weighted by Gasteiger charge is 2.55. The van der Waals surface area contributed by atoms with Crippen molar-refractivity contribution in [3.8, 4) is 12.1 Å². The first-order chi connectivity index (χ1) is 12.8. The Hall–Kier alpha value is -3.36. The van der Waals surface area contributed by atoms with E-state index in [-0.39, 0.29) is 5.92 Å². The summed E-state index contributed by atoms with van der Waals surface area (Å²) in [7, 11) is 0. The van der Waals surface area contributed by atoms with Crippen molar-refractivity contribution in [2.45, 2.75) is 24.2 Å². The van der Waals surface area contributed by atoms with Gasteiger partial charge in [0.1, 0.15) is 11.5 Å². The van der Waals surface area contributed by atoms with E-state index in [0.717, 1.165) is 35.1 Å². The van der Waals surface area contributed by atoms with Gasteiger partial charge in [0.2, 0.25) is 0 Å². The molecule has 0 amide bonds. The summed E-state index contributed by atoms with van der Waals surface area (Å²) in [4.78, 5) is 0. The van der Waals surface area contributed by atoms with Gasteiger partial charge in [-0.25, -0.2) is 0 Å². The molecule has 0 aliphatic heterocycles. The molecule has 2 aromatic carbocycles. The van der Waals surface area contributed by atoms with Crippen molar-refractivity contribution in [3.63, 3.8) is 0 Å². The first-order valence-corrected chi connectivity index (χ1v) is 8.91. The number of fused-ring (bicyclic) bond motifs is 2. The summed E-state index contributed by atoms with van der Waals surface area (Å²) in [5, 5.41) is 20.4. The number of nitrogens with zero attached hydrogens (tertiary/aromatic N) is 2. The lowest BCUT2D eigenvalue weighted by Gasteiger charge is -2.38. The van der Waals surface area contributed by atoms with Crippen LogP contribution in [0.15, 0.2) is 83.5 Å². The first-order valence-electron chi connectivity index (χ1n) is 8.91. The molecule has 0 saturated carbocycles. The van der Waals surface area contributed by atoms with E-state index in [1.165, 1.54) is 11.1 Å². The molecular weight excluding hydrogens is 316 g/mol. The molecule has 0 radical (unpaired) electrons. The van der Waals surface area contributed by atoms with Gasteiger partial charge in [-0.3, -0.25) is 0 Å². The Morgan fingerprint density at radius 2 is 1.73 bits per heavy atom. The van der Waals surface area contributed by atoms with E-state index in [1.807, 2.05) is 48.5 Å². The minimum Gasteiger partial charge on any atom is -0.197 e. The van der Waals surface area contributed by atoms with Crippen LogP contribution in [0.2, 0.25) is 0 Å². The zero-order chi connectivity index (χ0) is 17.7. The van der Waals surface area contributed by atoms with Crippen LogP contribution < -0.4 is 0 Å². The van der Waals surface area contributed by atoms with Crippen molar-refractivity contribution in [2.24, 2.45) is 0 Å². The van der Waals surface area contributed by atoms with Crippen molar-refractivity contribution < 1.29 is 0 Å². The molecule has 3 aliphatic rings. The highest BCUT2D eigenvalue weighted by molar-refractivity contribution is 5.92. The van der Waals surface area contributed by atoms with E-state index in [9.17, 15) is 10.5 Å². The second-order valence-corrected chi connectivity index (χ2v) is 7.12. The molecule has 26 heavy (non-hydrogen) atoms. The Labute approximate surface area is 153 Å². The predicted octanol–water partition coefficient (Wildman–Crippen LogP) is 5.18. The monoisotopic (exact) mass is 332 g/mol. The number of benzene rings is 2. The van der Waals surface area contributed by atoms with Gasteiger partial charge in [-0.05, 0) is 40.7 Å². The molecule has 2 nitrogen and oxygen atoms in total.